The van der Waals surface area contributed by atoms with Crippen molar-refractivity contribution >= 4 is 46.5 Å². The summed E-state index contributed by atoms with van der Waals surface area (Å²) in [6.07, 6.45) is -4.86. The van der Waals surface area contributed by atoms with E-state index in [1.165, 1.54) is 12.1 Å². The van der Waals surface area contributed by atoms with Gasteiger partial charge >= 0.3 is 12.4 Å². The first kappa shape index (κ1) is 22.6. The molecule has 0 fully saturated rings. The number of nitrogens with two attached hydrogens (primary N) is 1. The number of amides is 3. The molecule has 2 rings (SSSR count). The molecule has 0 radical (unpaired) electrons. The first-order chi connectivity index (χ1) is 13.5. The summed E-state index contributed by atoms with van der Waals surface area (Å²) in [4.78, 5) is 23.9. The van der Waals surface area contributed by atoms with Gasteiger partial charge in [0.05, 0.1) is 11.3 Å². The van der Waals surface area contributed by atoms with Gasteiger partial charge in [0, 0.05) is 28.4 Å². The molecule has 0 saturated carbocycles. The van der Waals surface area contributed by atoms with Crippen LogP contribution < -0.4 is 21.1 Å². The van der Waals surface area contributed by atoms with E-state index in [9.17, 15) is 22.8 Å². The van der Waals surface area contributed by atoms with Gasteiger partial charge in [-0.25, -0.2) is 4.79 Å². The van der Waals surface area contributed by atoms with E-state index >= 15 is 0 Å². The molecule has 7 nitrogen and oxygen atoms in total. The fraction of sp³-hybridized carbons (Fsp3) is 0.176. The molecule has 5 N–H and O–H groups in total. The van der Waals surface area contributed by atoms with Crippen LogP contribution in [0.3, 0.4) is 0 Å². The Balaban J connectivity index is 2.30. The van der Waals surface area contributed by atoms with E-state index in [-0.39, 0.29) is 40.0 Å². The van der Waals surface area contributed by atoms with Crippen LogP contribution in [0.15, 0.2) is 30.3 Å². The number of primary amides is 1. The molecule has 2 aromatic rings. The van der Waals surface area contributed by atoms with Crippen molar-refractivity contribution in [3.63, 3.8) is 0 Å². The average molecular weight is 452 g/mol. The van der Waals surface area contributed by atoms with Crippen LogP contribution in [0.1, 0.15) is 15.9 Å². The molecule has 0 aromatic heterocycles. The van der Waals surface area contributed by atoms with E-state index in [1.807, 2.05) is 0 Å². The summed E-state index contributed by atoms with van der Waals surface area (Å²) in [5.41, 5.74) is 5.19. The Morgan fingerprint density at radius 2 is 1.76 bits per heavy atom. The van der Waals surface area contributed by atoms with Gasteiger partial charge in [0.2, 0.25) is 0 Å². The molecule has 29 heavy (non-hydrogen) atoms. The third kappa shape index (κ3) is 6.41. The summed E-state index contributed by atoms with van der Waals surface area (Å²) >= 11 is 12.0. The van der Waals surface area contributed by atoms with Gasteiger partial charge in [0.25, 0.3) is 5.91 Å². The SMILES string of the molecule is NC(=O)c1ccc(OC(F)(F)F)cc1NC(=O)Nc1cc(Cl)cc(Cl)c1CCO. The van der Waals surface area contributed by atoms with E-state index in [2.05, 4.69) is 15.4 Å². The van der Waals surface area contributed by atoms with Crippen LogP contribution >= 0.6 is 23.2 Å². The molecule has 3 amide bonds. The number of nitrogens with one attached hydrogen (secondary N) is 2. The second kappa shape index (κ2) is 9.21. The number of rotatable bonds is 6. The Kier molecular flexibility index (Phi) is 7.17. The predicted molar refractivity (Wildman–Crippen MR) is 102 cm³/mol. The van der Waals surface area contributed by atoms with Crippen LogP contribution in [0, 0.1) is 0 Å². The van der Waals surface area contributed by atoms with Gasteiger partial charge in [-0.2, -0.15) is 0 Å². The second-order valence-electron chi connectivity index (χ2n) is 5.59. The number of alkyl halides is 3. The highest BCUT2D eigenvalue weighted by atomic mass is 35.5. The number of carbonyl (C=O) groups excluding carboxylic acids is 2. The second-order valence-corrected chi connectivity index (χ2v) is 6.43. The Morgan fingerprint density at radius 1 is 1.10 bits per heavy atom. The Morgan fingerprint density at radius 3 is 2.34 bits per heavy atom. The van der Waals surface area contributed by atoms with Crippen molar-refractivity contribution < 1.29 is 32.6 Å². The number of urea groups is 1. The zero-order valence-corrected chi connectivity index (χ0v) is 16.0. The van der Waals surface area contributed by atoms with E-state index in [1.54, 1.807) is 0 Å². The molecular weight excluding hydrogens is 438 g/mol. The summed E-state index contributed by atoms with van der Waals surface area (Å²) in [6.45, 7) is -0.264. The molecule has 0 heterocycles. The third-order valence-corrected chi connectivity index (χ3v) is 4.06. The Bertz CT molecular complexity index is 939. The molecule has 0 unspecified atom stereocenters. The van der Waals surface area contributed by atoms with Gasteiger partial charge in [-0.1, -0.05) is 23.2 Å². The predicted octanol–water partition coefficient (Wildman–Crippen LogP) is 4.17. The van der Waals surface area contributed by atoms with Crippen molar-refractivity contribution in [1.82, 2.24) is 0 Å². The number of hydrogen-bond donors (Lipinski definition) is 4. The molecule has 0 atom stereocenters. The van der Waals surface area contributed by atoms with Gasteiger partial charge < -0.3 is 26.2 Å². The molecular formula is C17H14Cl2F3N3O4. The zero-order valence-electron chi connectivity index (χ0n) is 14.4. The normalized spacial score (nSPS) is 11.1. The van der Waals surface area contributed by atoms with Gasteiger partial charge in [0.1, 0.15) is 5.75 Å². The van der Waals surface area contributed by atoms with E-state index in [4.69, 9.17) is 34.0 Å². The first-order valence-corrected chi connectivity index (χ1v) is 8.62. The van der Waals surface area contributed by atoms with Gasteiger partial charge in [-0.3, -0.25) is 4.79 Å². The third-order valence-electron chi connectivity index (χ3n) is 3.51. The summed E-state index contributed by atoms with van der Waals surface area (Å²) in [5, 5.41) is 14.2. The van der Waals surface area contributed by atoms with Crippen LogP contribution in [0.2, 0.25) is 10.0 Å². The van der Waals surface area contributed by atoms with Crippen molar-refractivity contribution in [2.24, 2.45) is 5.73 Å². The molecule has 0 aliphatic carbocycles. The molecule has 156 valence electrons. The van der Waals surface area contributed by atoms with Crippen LogP contribution in [0.4, 0.5) is 29.3 Å². The van der Waals surface area contributed by atoms with Gasteiger partial charge in [0.15, 0.2) is 0 Å². The largest absolute Gasteiger partial charge is 0.573 e. The number of carbonyl (C=O) groups is 2. The Labute approximate surface area is 172 Å². The lowest BCUT2D eigenvalue weighted by atomic mass is 10.1. The number of hydrogen-bond acceptors (Lipinski definition) is 4. The zero-order chi connectivity index (χ0) is 21.8. The summed E-state index contributed by atoms with van der Waals surface area (Å²) in [5.74, 6) is -1.64. The summed E-state index contributed by atoms with van der Waals surface area (Å²) in [6, 6.07) is 4.52. The van der Waals surface area contributed by atoms with Crippen LogP contribution in [0.5, 0.6) is 5.75 Å². The first-order valence-electron chi connectivity index (χ1n) is 7.86. The highest BCUT2D eigenvalue weighted by Crippen LogP contribution is 2.31. The lowest BCUT2D eigenvalue weighted by Gasteiger charge is -2.16. The molecule has 0 aliphatic rings. The van der Waals surface area contributed by atoms with Crippen molar-refractivity contribution in [3.05, 3.63) is 51.5 Å². The minimum absolute atomic E-state index is 0.104. The van der Waals surface area contributed by atoms with Gasteiger partial charge in [-0.15, -0.1) is 13.2 Å². The van der Waals surface area contributed by atoms with Crippen LogP contribution in [-0.2, 0) is 6.42 Å². The van der Waals surface area contributed by atoms with E-state index in [0.717, 1.165) is 18.2 Å². The quantitative estimate of drug-likeness (QED) is 0.527. The van der Waals surface area contributed by atoms with Gasteiger partial charge in [-0.05, 0) is 36.2 Å². The van der Waals surface area contributed by atoms with Crippen molar-refractivity contribution in [2.45, 2.75) is 12.8 Å². The number of anilines is 2. The maximum Gasteiger partial charge on any atom is 0.573 e. The number of aliphatic hydroxyl groups excluding tert-OH is 1. The highest BCUT2D eigenvalue weighted by Gasteiger charge is 2.31. The molecule has 0 saturated heterocycles. The monoisotopic (exact) mass is 451 g/mol. The van der Waals surface area contributed by atoms with Crippen molar-refractivity contribution in [2.75, 3.05) is 17.2 Å². The van der Waals surface area contributed by atoms with E-state index < -0.39 is 24.1 Å². The lowest BCUT2D eigenvalue weighted by Crippen LogP contribution is -2.24. The van der Waals surface area contributed by atoms with Crippen molar-refractivity contribution in [3.8, 4) is 5.75 Å². The van der Waals surface area contributed by atoms with E-state index in [0.29, 0.717) is 5.56 Å². The summed E-state index contributed by atoms with van der Waals surface area (Å²) in [7, 11) is 0. The minimum Gasteiger partial charge on any atom is -0.406 e. The number of aliphatic hydroxyl groups is 1. The average Bonchev–Trinajstić information content (AvgIpc) is 2.56. The topological polar surface area (TPSA) is 114 Å². The molecule has 0 aliphatic heterocycles. The number of halogens is 5. The molecule has 0 spiro atoms. The van der Waals surface area contributed by atoms with Crippen LogP contribution in [0.25, 0.3) is 0 Å². The molecule has 0 bridgehead atoms. The van der Waals surface area contributed by atoms with Crippen molar-refractivity contribution in [1.29, 1.82) is 0 Å². The number of benzene rings is 2. The Hall–Kier alpha value is -2.69. The standard InChI is InChI=1S/C17H14Cl2F3N3O4/c18-8-5-12(19)10(3-4-26)13(6-8)24-16(28)25-14-7-9(29-17(20,21)22)1-2-11(14)15(23)27/h1-2,5-7,26H,3-4H2,(H2,23,27)(H2,24,25,28). The summed E-state index contributed by atoms with van der Waals surface area (Å²) < 4.78 is 41.0. The fourth-order valence-corrected chi connectivity index (χ4v) is 2.98. The highest BCUT2D eigenvalue weighted by molar-refractivity contribution is 6.35. The molecule has 12 heteroatoms. The number of ether oxygens (including phenoxy) is 1. The smallest absolute Gasteiger partial charge is 0.406 e. The fourth-order valence-electron chi connectivity index (χ4n) is 2.40. The lowest BCUT2D eigenvalue weighted by molar-refractivity contribution is -0.274. The maximum absolute atomic E-state index is 12.4. The maximum atomic E-state index is 12.4. The molecule has 2 aromatic carbocycles. The minimum atomic E-state index is -4.97. The van der Waals surface area contributed by atoms with Crippen LogP contribution in [-0.4, -0.2) is 30.0 Å².